The van der Waals surface area contributed by atoms with E-state index in [-0.39, 0.29) is 18.0 Å². The number of anilines is 1. The average Bonchev–Trinajstić information content (AvgIpc) is 2.55. The highest BCUT2D eigenvalue weighted by atomic mass is 19.1. The number of halogens is 2. The lowest BCUT2D eigenvalue weighted by atomic mass is 9.96. The van der Waals surface area contributed by atoms with Crippen molar-refractivity contribution in [1.29, 1.82) is 0 Å². The Morgan fingerprint density at radius 3 is 2.78 bits per heavy atom. The van der Waals surface area contributed by atoms with Crippen molar-refractivity contribution in [3.63, 3.8) is 0 Å². The van der Waals surface area contributed by atoms with Gasteiger partial charge < -0.3 is 15.0 Å². The standard InChI is InChI=1S/C17H24F2N2O2/c1-21(8-4-13-6-10-23-11-7-13)9-5-17(22)20-16-12-14(18)2-3-15(16)19/h2-3,12-13H,4-11H2,1H3,(H,20,22). The molecule has 1 heterocycles. The van der Waals surface area contributed by atoms with Crippen LogP contribution in [0, 0.1) is 17.6 Å². The molecule has 1 saturated heterocycles. The number of nitrogens with zero attached hydrogens (tertiary/aromatic N) is 1. The largest absolute Gasteiger partial charge is 0.381 e. The van der Waals surface area contributed by atoms with E-state index in [1.54, 1.807) is 0 Å². The Kier molecular flexibility index (Phi) is 6.92. The summed E-state index contributed by atoms with van der Waals surface area (Å²) in [5.41, 5.74) is -0.111. The number of nitrogens with one attached hydrogen (secondary N) is 1. The fourth-order valence-corrected chi connectivity index (χ4v) is 2.65. The molecule has 0 saturated carbocycles. The average molecular weight is 326 g/mol. The molecule has 128 valence electrons. The van der Waals surface area contributed by atoms with E-state index >= 15 is 0 Å². The van der Waals surface area contributed by atoms with E-state index in [1.165, 1.54) is 0 Å². The van der Waals surface area contributed by atoms with Crippen molar-refractivity contribution >= 4 is 11.6 Å². The van der Waals surface area contributed by atoms with E-state index < -0.39 is 11.6 Å². The normalized spacial score (nSPS) is 15.8. The Labute approximate surface area is 135 Å². The molecule has 2 rings (SSSR count). The number of benzene rings is 1. The van der Waals surface area contributed by atoms with E-state index in [0.29, 0.717) is 12.5 Å². The molecule has 1 aromatic carbocycles. The maximum absolute atomic E-state index is 13.5. The molecule has 6 heteroatoms. The van der Waals surface area contributed by atoms with Crippen LogP contribution >= 0.6 is 0 Å². The Morgan fingerprint density at radius 2 is 2.04 bits per heavy atom. The first kappa shape index (κ1) is 17.8. The van der Waals surface area contributed by atoms with Crippen molar-refractivity contribution in [3.8, 4) is 0 Å². The summed E-state index contributed by atoms with van der Waals surface area (Å²) in [4.78, 5) is 13.9. The van der Waals surface area contributed by atoms with Gasteiger partial charge >= 0.3 is 0 Å². The van der Waals surface area contributed by atoms with E-state index in [0.717, 1.165) is 57.2 Å². The third-order valence-corrected chi connectivity index (χ3v) is 4.18. The smallest absolute Gasteiger partial charge is 0.225 e. The first-order valence-electron chi connectivity index (χ1n) is 8.06. The summed E-state index contributed by atoms with van der Waals surface area (Å²) in [7, 11) is 1.97. The molecule has 1 aliphatic heterocycles. The fraction of sp³-hybridized carbons (Fsp3) is 0.588. The summed E-state index contributed by atoms with van der Waals surface area (Å²) in [6.45, 7) is 3.20. The van der Waals surface area contributed by atoms with Crippen molar-refractivity contribution in [2.75, 3.05) is 38.7 Å². The lowest BCUT2D eigenvalue weighted by Gasteiger charge is -2.24. The first-order valence-corrected chi connectivity index (χ1v) is 8.06. The summed E-state index contributed by atoms with van der Waals surface area (Å²) in [6.07, 6.45) is 3.56. The predicted molar refractivity (Wildman–Crippen MR) is 85.3 cm³/mol. The number of hydrogen-bond acceptors (Lipinski definition) is 3. The third kappa shape index (κ3) is 6.23. The van der Waals surface area contributed by atoms with Crippen molar-refractivity contribution in [3.05, 3.63) is 29.8 Å². The zero-order valence-corrected chi connectivity index (χ0v) is 13.5. The molecular formula is C17H24F2N2O2. The maximum Gasteiger partial charge on any atom is 0.225 e. The van der Waals surface area contributed by atoms with Crippen LogP contribution in [0.15, 0.2) is 18.2 Å². The van der Waals surface area contributed by atoms with Crippen LogP contribution in [0.25, 0.3) is 0 Å². The lowest BCUT2D eigenvalue weighted by molar-refractivity contribution is -0.116. The molecule has 0 atom stereocenters. The van der Waals surface area contributed by atoms with Gasteiger partial charge in [0.15, 0.2) is 0 Å². The number of carbonyl (C=O) groups excluding carboxylic acids is 1. The van der Waals surface area contributed by atoms with E-state index in [9.17, 15) is 13.6 Å². The number of ether oxygens (including phenoxy) is 1. The zero-order chi connectivity index (χ0) is 16.7. The molecule has 4 nitrogen and oxygen atoms in total. The first-order chi connectivity index (χ1) is 11.0. The van der Waals surface area contributed by atoms with Crippen LogP contribution in [-0.2, 0) is 9.53 Å². The molecule has 1 fully saturated rings. The number of rotatable bonds is 7. The Bertz CT molecular complexity index is 519. The van der Waals surface area contributed by atoms with Crippen LogP contribution in [0.5, 0.6) is 0 Å². The highest BCUT2D eigenvalue weighted by Crippen LogP contribution is 2.18. The molecule has 0 spiro atoms. The van der Waals surface area contributed by atoms with Crippen LogP contribution in [0.1, 0.15) is 25.7 Å². The van der Waals surface area contributed by atoms with E-state index in [2.05, 4.69) is 10.2 Å². The summed E-state index contributed by atoms with van der Waals surface area (Å²) in [6, 6.07) is 3.02. The highest BCUT2D eigenvalue weighted by molar-refractivity contribution is 5.90. The topological polar surface area (TPSA) is 41.6 Å². The van der Waals surface area contributed by atoms with Crippen LogP contribution in [0.4, 0.5) is 14.5 Å². The highest BCUT2D eigenvalue weighted by Gasteiger charge is 2.15. The number of hydrogen-bond donors (Lipinski definition) is 1. The summed E-state index contributed by atoms with van der Waals surface area (Å²) in [5.74, 6) is -0.822. The fourth-order valence-electron chi connectivity index (χ4n) is 2.65. The second-order valence-electron chi connectivity index (χ2n) is 6.07. The van der Waals surface area contributed by atoms with Crippen LogP contribution in [-0.4, -0.2) is 44.2 Å². The third-order valence-electron chi connectivity index (χ3n) is 4.18. The summed E-state index contributed by atoms with van der Waals surface area (Å²) >= 11 is 0. The molecule has 0 unspecified atom stereocenters. The summed E-state index contributed by atoms with van der Waals surface area (Å²) < 4.78 is 31.8. The predicted octanol–water partition coefficient (Wildman–Crippen LogP) is 3.04. The minimum atomic E-state index is -0.632. The molecule has 1 aromatic rings. The number of carbonyl (C=O) groups is 1. The van der Waals surface area contributed by atoms with Gasteiger partial charge in [0.2, 0.25) is 5.91 Å². The molecule has 0 bridgehead atoms. The SMILES string of the molecule is CN(CCC(=O)Nc1cc(F)ccc1F)CCC1CCOCC1. The van der Waals surface area contributed by atoms with Crippen LogP contribution in [0.2, 0.25) is 0 Å². The van der Waals surface area contributed by atoms with Crippen molar-refractivity contribution < 1.29 is 18.3 Å². The van der Waals surface area contributed by atoms with Gasteiger partial charge in [0.1, 0.15) is 11.6 Å². The van der Waals surface area contributed by atoms with Gasteiger partial charge in [-0.3, -0.25) is 4.79 Å². The van der Waals surface area contributed by atoms with E-state index in [4.69, 9.17) is 4.74 Å². The van der Waals surface area contributed by atoms with Gasteiger partial charge in [0.25, 0.3) is 0 Å². The Balaban J connectivity index is 1.67. The molecular weight excluding hydrogens is 302 g/mol. The molecule has 0 aromatic heterocycles. The zero-order valence-electron chi connectivity index (χ0n) is 13.5. The maximum atomic E-state index is 13.5. The van der Waals surface area contributed by atoms with E-state index in [1.807, 2.05) is 7.05 Å². The van der Waals surface area contributed by atoms with Gasteiger partial charge in [-0.2, -0.15) is 0 Å². The minimum Gasteiger partial charge on any atom is -0.381 e. The van der Waals surface area contributed by atoms with Gasteiger partial charge in [-0.1, -0.05) is 0 Å². The van der Waals surface area contributed by atoms with Crippen LogP contribution < -0.4 is 5.32 Å². The molecule has 1 N–H and O–H groups in total. The minimum absolute atomic E-state index is 0.111. The van der Waals surface area contributed by atoms with Crippen LogP contribution in [0.3, 0.4) is 0 Å². The molecule has 0 aliphatic carbocycles. The molecule has 23 heavy (non-hydrogen) atoms. The van der Waals surface area contributed by atoms with Gasteiger partial charge in [-0.15, -0.1) is 0 Å². The van der Waals surface area contributed by atoms with Gasteiger partial charge in [0.05, 0.1) is 5.69 Å². The Morgan fingerprint density at radius 1 is 1.30 bits per heavy atom. The second-order valence-corrected chi connectivity index (χ2v) is 6.07. The van der Waals surface area contributed by atoms with Crippen molar-refractivity contribution in [2.24, 2.45) is 5.92 Å². The lowest BCUT2D eigenvalue weighted by Crippen LogP contribution is -2.27. The van der Waals surface area contributed by atoms with Gasteiger partial charge in [-0.05, 0) is 50.9 Å². The summed E-state index contributed by atoms with van der Waals surface area (Å²) in [5, 5.41) is 2.41. The monoisotopic (exact) mass is 326 g/mol. The molecule has 1 aliphatic rings. The molecule has 0 radical (unpaired) electrons. The van der Waals surface area contributed by atoms with Gasteiger partial charge in [0, 0.05) is 32.2 Å². The number of amides is 1. The second kappa shape index (κ2) is 8.93. The van der Waals surface area contributed by atoms with Crippen molar-refractivity contribution in [2.45, 2.75) is 25.7 Å². The quantitative estimate of drug-likeness (QED) is 0.837. The molecule has 1 amide bonds. The van der Waals surface area contributed by atoms with Crippen molar-refractivity contribution in [1.82, 2.24) is 4.90 Å². The van der Waals surface area contributed by atoms with Gasteiger partial charge in [-0.25, -0.2) is 8.78 Å². The Hall–Kier alpha value is -1.53.